The number of anilines is 1. The normalized spacial score (nSPS) is 12.3. The SMILES string of the molecule is C[C@@H](Nc1c(C(N)=O)cnn2cc(Br)cc12)c1ccccc1F. The van der Waals surface area contributed by atoms with Gasteiger partial charge in [-0.1, -0.05) is 18.2 Å². The summed E-state index contributed by atoms with van der Waals surface area (Å²) in [6, 6.07) is 7.96. The molecule has 0 saturated heterocycles. The molecule has 0 fully saturated rings. The van der Waals surface area contributed by atoms with Crippen molar-refractivity contribution in [2.75, 3.05) is 5.32 Å². The lowest BCUT2D eigenvalue weighted by atomic mass is 10.1. The van der Waals surface area contributed by atoms with E-state index in [9.17, 15) is 9.18 Å². The number of hydrogen-bond donors (Lipinski definition) is 2. The molecule has 118 valence electrons. The van der Waals surface area contributed by atoms with Crippen LogP contribution in [0.4, 0.5) is 10.1 Å². The first-order valence-electron chi connectivity index (χ1n) is 6.95. The number of amides is 1. The number of hydrogen-bond acceptors (Lipinski definition) is 3. The molecule has 23 heavy (non-hydrogen) atoms. The van der Waals surface area contributed by atoms with E-state index in [1.54, 1.807) is 28.9 Å². The van der Waals surface area contributed by atoms with Gasteiger partial charge in [0.2, 0.25) is 0 Å². The molecular weight excluding hydrogens is 363 g/mol. The summed E-state index contributed by atoms with van der Waals surface area (Å²) in [5.41, 5.74) is 7.40. The Kier molecular flexibility index (Phi) is 4.04. The maximum atomic E-state index is 14.0. The van der Waals surface area contributed by atoms with Crippen LogP contribution in [-0.2, 0) is 0 Å². The van der Waals surface area contributed by atoms with Crippen LogP contribution in [-0.4, -0.2) is 15.5 Å². The molecule has 0 aliphatic heterocycles. The molecule has 0 bridgehead atoms. The molecule has 7 heteroatoms. The first-order chi connectivity index (χ1) is 11.0. The van der Waals surface area contributed by atoms with Gasteiger partial charge in [-0.15, -0.1) is 0 Å². The molecule has 0 radical (unpaired) electrons. The van der Waals surface area contributed by atoms with E-state index in [4.69, 9.17) is 5.73 Å². The van der Waals surface area contributed by atoms with Gasteiger partial charge in [-0.2, -0.15) is 5.10 Å². The van der Waals surface area contributed by atoms with Crippen LogP contribution < -0.4 is 11.1 Å². The molecular formula is C16H14BrFN4O. The third kappa shape index (κ3) is 2.92. The number of nitrogens with one attached hydrogen (secondary N) is 1. The second kappa shape index (κ2) is 6.00. The van der Waals surface area contributed by atoms with E-state index in [1.807, 2.05) is 13.0 Å². The van der Waals surface area contributed by atoms with E-state index in [0.29, 0.717) is 16.8 Å². The summed E-state index contributed by atoms with van der Waals surface area (Å²) >= 11 is 3.38. The van der Waals surface area contributed by atoms with E-state index in [1.165, 1.54) is 12.3 Å². The summed E-state index contributed by atoms with van der Waals surface area (Å²) < 4.78 is 16.4. The predicted octanol–water partition coefficient (Wildman–Crippen LogP) is 3.51. The van der Waals surface area contributed by atoms with Crippen LogP contribution in [0.2, 0.25) is 0 Å². The van der Waals surface area contributed by atoms with E-state index in [2.05, 4.69) is 26.3 Å². The van der Waals surface area contributed by atoms with Crippen LogP contribution >= 0.6 is 15.9 Å². The molecule has 0 aliphatic rings. The van der Waals surface area contributed by atoms with Crippen molar-refractivity contribution in [3.05, 3.63) is 64.1 Å². The monoisotopic (exact) mass is 376 g/mol. The molecule has 0 unspecified atom stereocenters. The van der Waals surface area contributed by atoms with Crippen molar-refractivity contribution >= 4 is 33.0 Å². The zero-order valence-electron chi connectivity index (χ0n) is 12.3. The minimum atomic E-state index is -0.597. The molecule has 0 saturated carbocycles. The van der Waals surface area contributed by atoms with Crippen molar-refractivity contribution < 1.29 is 9.18 Å². The van der Waals surface area contributed by atoms with Gasteiger partial charge in [-0.05, 0) is 35.0 Å². The third-order valence-electron chi connectivity index (χ3n) is 3.60. The van der Waals surface area contributed by atoms with Crippen LogP contribution in [0.25, 0.3) is 5.52 Å². The van der Waals surface area contributed by atoms with Gasteiger partial charge in [0.15, 0.2) is 0 Å². The molecule has 5 nitrogen and oxygen atoms in total. The largest absolute Gasteiger partial charge is 0.376 e. The highest BCUT2D eigenvalue weighted by Crippen LogP contribution is 2.29. The van der Waals surface area contributed by atoms with Gasteiger partial charge >= 0.3 is 0 Å². The number of nitrogens with two attached hydrogens (primary N) is 1. The number of nitrogens with zero attached hydrogens (tertiary/aromatic N) is 2. The second-order valence-electron chi connectivity index (χ2n) is 5.17. The minimum Gasteiger partial charge on any atom is -0.376 e. The summed E-state index contributed by atoms with van der Waals surface area (Å²) in [4.78, 5) is 11.7. The minimum absolute atomic E-state index is 0.256. The van der Waals surface area contributed by atoms with Gasteiger partial charge in [0.1, 0.15) is 5.82 Å². The fourth-order valence-electron chi connectivity index (χ4n) is 2.48. The number of carbonyl (C=O) groups is 1. The molecule has 3 aromatic rings. The first kappa shape index (κ1) is 15.5. The van der Waals surface area contributed by atoms with E-state index < -0.39 is 5.91 Å². The van der Waals surface area contributed by atoms with Crippen molar-refractivity contribution in [2.45, 2.75) is 13.0 Å². The van der Waals surface area contributed by atoms with Crippen LogP contribution in [0.1, 0.15) is 28.9 Å². The lowest BCUT2D eigenvalue weighted by molar-refractivity contribution is 0.100. The number of halogens is 2. The molecule has 1 aromatic carbocycles. The number of rotatable bonds is 4. The van der Waals surface area contributed by atoms with Crippen molar-refractivity contribution in [2.24, 2.45) is 5.73 Å². The van der Waals surface area contributed by atoms with Gasteiger partial charge in [0.25, 0.3) is 5.91 Å². The highest BCUT2D eigenvalue weighted by atomic mass is 79.9. The molecule has 2 heterocycles. The van der Waals surface area contributed by atoms with Gasteiger partial charge in [0.05, 0.1) is 29.0 Å². The van der Waals surface area contributed by atoms with E-state index >= 15 is 0 Å². The van der Waals surface area contributed by atoms with E-state index in [-0.39, 0.29) is 17.4 Å². The van der Waals surface area contributed by atoms with Gasteiger partial charge in [0, 0.05) is 16.2 Å². The average Bonchev–Trinajstić information content (AvgIpc) is 2.88. The molecule has 0 spiro atoms. The van der Waals surface area contributed by atoms with E-state index in [0.717, 1.165) is 4.47 Å². The Morgan fingerprint density at radius 2 is 2.17 bits per heavy atom. The third-order valence-corrected chi connectivity index (χ3v) is 4.04. The molecule has 3 rings (SSSR count). The summed E-state index contributed by atoms with van der Waals surface area (Å²) in [5.74, 6) is -0.907. The number of benzene rings is 1. The van der Waals surface area contributed by atoms with Crippen molar-refractivity contribution in [1.29, 1.82) is 0 Å². The van der Waals surface area contributed by atoms with Crippen molar-refractivity contribution in [3.8, 4) is 0 Å². The smallest absolute Gasteiger partial charge is 0.252 e. The van der Waals surface area contributed by atoms with Crippen LogP contribution in [0.15, 0.2) is 47.2 Å². The number of carbonyl (C=O) groups excluding carboxylic acids is 1. The summed E-state index contributed by atoms with van der Waals surface area (Å²) in [6.45, 7) is 1.82. The molecule has 0 aliphatic carbocycles. The zero-order valence-corrected chi connectivity index (χ0v) is 13.8. The Labute approximate surface area is 140 Å². The van der Waals surface area contributed by atoms with Crippen LogP contribution in [0.3, 0.4) is 0 Å². The predicted molar refractivity (Wildman–Crippen MR) is 89.8 cm³/mol. The Hall–Kier alpha value is -2.41. The fourth-order valence-corrected chi connectivity index (χ4v) is 2.89. The zero-order chi connectivity index (χ0) is 16.6. The Morgan fingerprint density at radius 1 is 1.43 bits per heavy atom. The number of fused-ring (bicyclic) bond motifs is 1. The molecule has 3 N–H and O–H groups in total. The standard InChI is InChI=1S/C16H14BrFN4O/c1-9(11-4-2-3-5-13(11)18)21-15-12(16(19)23)7-20-22-8-10(17)6-14(15)22/h2-9,21H,1H3,(H2,19,23)/t9-/m1/s1. The summed E-state index contributed by atoms with van der Waals surface area (Å²) in [5, 5.41) is 7.34. The fraction of sp³-hybridized carbons (Fsp3) is 0.125. The lowest BCUT2D eigenvalue weighted by Gasteiger charge is -2.19. The number of primary amides is 1. The topological polar surface area (TPSA) is 72.4 Å². The Bertz CT molecular complexity index is 893. The summed E-state index contributed by atoms with van der Waals surface area (Å²) in [7, 11) is 0. The van der Waals surface area contributed by atoms with Crippen LogP contribution in [0.5, 0.6) is 0 Å². The molecule has 2 aromatic heterocycles. The van der Waals surface area contributed by atoms with Gasteiger partial charge < -0.3 is 11.1 Å². The highest BCUT2D eigenvalue weighted by Gasteiger charge is 2.18. The maximum absolute atomic E-state index is 14.0. The first-order valence-corrected chi connectivity index (χ1v) is 7.74. The van der Waals surface area contributed by atoms with Crippen LogP contribution in [0, 0.1) is 5.82 Å². The van der Waals surface area contributed by atoms with Crippen molar-refractivity contribution in [1.82, 2.24) is 9.61 Å². The van der Waals surface area contributed by atoms with Gasteiger partial charge in [-0.25, -0.2) is 8.91 Å². The lowest BCUT2D eigenvalue weighted by Crippen LogP contribution is -2.18. The Balaban J connectivity index is 2.09. The second-order valence-corrected chi connectivity index (χ2v) is 6.09. The number of aromatic nitrogens is 2. The van der Waals surface area contributed by atoms with Crippen molar-refractivity contribution in [3.63, 3.8) is 0 Å². The van der Waals surface area contributed by atoms with Gasteiger partial charge in [-0.3, -0.25) is 4.79 Å². The quantitative estimate of drug-likeness (QED) is 0.731. The highest BCUT2D eigenvalue weighted by molar-refractivity contribution is 9.10. The molecule has 1 amide bonds. The summed E-state index contributed by atoms with van der Waals surface area (Å²) in [6.07, 6.45) is 3.16. The Morgan fingerprint density at radius 3 is 2.87 bits per heavy atom. The molecule has 1 atom stereocenters. The average molecular weight is 377 g/mol. The maximum Gasteiger partial charge on any atom is 0.252 e.